The zero-order valence-corrected chi connectivity index (χ0v) is 16.1. The molecule has 2 rings (SSSR count). The third-order valence-electron chi connectivity index (χ3n) is 4.03. The van der Waals surface area contributed by atoms with Gasteiger partial charge >= 0.3 is 0 Å². The summed E-state index contributed by atoms with van der Waals surface area (Å²) in [6.45, 7) is 0.537. The highest BCUT2D eigenvalue weighted by Crippen LogP contribution is 2.48. The van der Waals surface area contributed by atoms with Crippen LogP contribution in [0, 0.1) is 0 Å². The Labute approximate surface area is 151 Å². The van der Waals surface area contributed by atoms with Crippen molar-refractivity contribution in [1.29, 1.82) is 0 Å². The van der Waals surface area contributed by atoms with E-state index < -0.39 is 15.9 Å². The Morgan fingerprint density at radius 3 is 2.61 bits per heavy atom. The number of nitrogens with two attached hydrogens (primary N) is 1. The molecule has 1 aromatic carbocycles. The summed E-state index contributed by atoms with van der Waals surface area (Å²) >= 11 is 3.46. The van der Waals surface area contributed by atoms with E-state index in [0.29, 0.717) is 6.54 Å². The zero-order chi connectivity index (χ0) is 16.4. The second-order valence-corrected chi connectivity index (χ2v) is 9.21. The van der Waals surface area contributed by atoms with Gasteiger partial charge in [-0.1, -0.05) is 28.1 Å². The molecule has 0 heterocycles. The Bertz CT molecular complexity index is 662. The van der Waals surface area contributed by atoms with E-state index >= 15 is 0 Å². The molecular weight excluding hydrogens is 404 g/mol. The highest BCUT2D eigenvalue weighted by atomic mass is 79.9. The first kappa shape index (κ1) is 20.4. The van der Waals surface area contributed by atoms with E-state index in [1.54, 1.807) is 0 Å². The van der Waals surface area contributed by atoms with Crippen LogP contribution in [0.5, 0.6) is 0 Å². The molecule has 0 aliphatic heterocycles. The molecule has 1 atom stereocenters. The van der Waals surface area contributed by atoms with E-state index in [9.17, 15) is 13.2 Å². The summed E-state index contributed by atoms with van der Waals surface area (Å²) in [5.74, 6) is -0.358. The number of hydrogen-bond donors (Lipinski definition) is 2. The Kier molecular flexibility index (Phi) is 7.07. The minimum Gasteiger partial charge on any atom is -0.354 e. The summed E-state index contributed by atoms with van der Waals surface area (Å²) in [4.78, 5) is 12.0. The number of carbonyl (C=O) groups excluding carboxylic acids is 1. The third-order valence-corrected chi connectivity index (χ3v) is 5.50. The van der Waals surface area contributed by atoms with E-state index in [1.807, 2.05) is 12.1 Å². The van der Waals surface area contributed by atoms with Gasteiger partial charge in [0.1, 0.15) is 9.84 Å². The average Bonchev–Trinajstić information content (AvgIpc) is 3.22. The van der Waals surface area contributed by atoms with E-state index in [0.717, 1.165) is 23.6 Å². The molecule has 3 N–H and O–H groups in total. The number of carbonyl (C=O) groups is 1. The number of rotatable bonds is 7. The van der Waals surface area contributed by atoms with Crippen molar-refractivity contribution in [3.8, 4) is 0 Å². The van der Waals surface area contributed by atoms with Crippen molar-refractivity contribution in [1.82, 2.24) is 5.32 Å². The van der Waals surface area contributed by atoms with Crippen LogP contribution in [0.3, 0.4) is 0 Å². The maximum atomic E-state index is 12.0. The van der Waals surface area contributed by atoms with E-state index in [-0.39, 0.29) is 35.9 Å². The van der Waals surface area contributed by atoms with Crippen LogP contribution in [0.1, 0.15) is 24.8 Å². The molecule has 1 aliphatic carbocycles. The Balaban J connectivity index is 0.00000264. The molecule has 1 aromatic rings. The lowest BCUT2D eigenvalue weighted by Gasteiger charge is -2.19. The lowest BCUT2D eigenvalue weighted by Crippen LogP contribution is -2.44. The second-order valence-electron chi connectivity index (χ2n) is 6.03. The van der Waals surface area contributed by atoms with Gasteiger partial charge in [-0.3, -0.25) is 4.79 Å². The molecule has 0 radical (unpaired) electrons. The lowest BCUT2D eigenvalue weighted by atomic mass is 9.96. The molecule has 0 saturated heterocycles. The van der Waals surface area contributed by atoms with Crippen LogP contribution in [-0.2, 0) is 20.0 Å². The van der Waals surface area contributed by atoms with E-state index in [4.69, 9.17) is 5.73 Å². The number of amides is 1. The Morgan fingerprint density at radius 1 is 1.43 bits per heavy atom. The standard InChI is InChI=1S/C15H21BrN2O3S.ClH/c1-22(20,21)8-5-13(17)14(19)18-10-15(6-7-15)11-3-2-4-12(16)9-11;/h2-4,9,13H,5-8,10,17H2,1H3,(H,18,19);1H. The molecule has 1 aliphatic rings. The fraction of sp³-hybridized carbons (Fsp3) is 0.533. The quantitative estimate of drug-likeness (QED) is 0.697. The molecule has 0 spiro atoms. The highest BCUT2D eigenvalue weighted by molar-refractivity contribution is 9.10. The molecule has 1 saturated carbocycles. The molecule has 8 heteroatoms. The van der Waals surface area contributed by atoms with Crippen LogP contribution in [0.4, 0.5) is 0 Å². The average molecular weight is 426 g/mol. The van der Waals surface area contributed by atoms with E-state index in [2.05, 4.69) is 33.4 Å². The first-order valence-electron chi connectivity index (χ1n) is 7.19. The monoisotopic (exact) mass is 424 g/mol. The highest BCUT2D eigenvalue weighted by Gasteiger charge is 2.44. The van der Waals surface area contributed by atoms with Crippen molar-refractivity contribution in [3.63, 3.8) is 0 Å². The second kappa shape index (κ2) is 7.96. The van der Waals surface area contributed by atoms with Crippen molar-refractivity contribution in [2.24, 2.45) is 5.73 Å². The zero-order valence-electron chi connectivity index (χ0n) is 12.9. The molecule has 1 amide bonds. The van der Waals surface area contributed by atoms with Gasteiger partial charge in [-0.25, -0.2) is 8.42 Å². The van der Waals surface area contributed by atoms with E-state index in [1.165, 1.54) is 5.56 Å². The normalized spacial score (nSPS) is 17.0. The maximum absolute atomic E-state index is 12.0. The van der Waals surface area contributed by atoms with Crippen LogP contribution >= 0.6 is 28.3 Å². The smallest absolute Gasteiger partial charge is 0.236 e. The molecule has 23 heavy (non-hydrogen) atoms. The number of halogens is 2. The van der Waals surface area contributed by atoms with Crippen molar-refractivity contribution >= 4 is 44.1 Å². The molecule has 5 nitrogen and oxygen atoms in total. The molecule has 0 bridgehead atoms. The van der Waals surface area contributed by atoms with Gasteiger partial charge < -0.3 is 11.1 Å². The minimum absolute atomic E-state index is 0. The van der Waals surface area contributed by atoms with Gasteiger partial charge in [-0.05, 0) is 37.0 Å². The SMILES string of the molecule is CS(=O)(=O)CCC(N)C(=O)NCC1(c2cccc(Br)c2)CC1.Cl. The van der Waals surface area contributed by atoms with Gasteiger partial charge in [-0.15, -0.1) is 12.4 Å². The fourth-order valence-electron chi connectivity index (χ4n) is 2.40. The molecule has 130 valence electrons. The van der Waals surface area contributed by atoms with Crippen LogP contribution < -0.4 is 11.1 Å². The van der Waals surface area contributed by atoms with Gasteiger partial charge in [0.2, 0.25) is 5.91 Å². The summed E-state index contributed by atoms with van der Waals surface area (Å²) in [5, 5.41) is 2.87. The van der Waals surface area contributed by atoms with Gasteiger partial charge in [0, 0.05) is 22.7 Å². The largest absolute Gasteiger partial charge is 0.354 e. The van der Waals surface area contributed by atoms with Gasteiger partial charge in [-0.2, -0.15) is 0 Å². The summed E-state index contributed by atoms with van der Waals surface area (Å²) in [6, 6.07) is 7.31. The van der Waals surface area contributed by atoms with Gasteiger partial charge in [0.25, 0.3) is 0 Å². The number of hydrogen-bond acceptors (Lipinski definition) is 4. The number of sulfone groups is 1. The number of nitrogens with one attached hydrogen (secondary N) is 1. The third kappa shape index (κ3) is 6.06. The fourth-order valence-corrected chi connectivity index (χ4v) is 3.48. The van der Waals surface area contributed by atoms with Crippen molar-refractivity contribution < 1.29 is 13.2 Å². The Morgan fingerprint density at radius 2 is 2.09 bits per heavy atom. The Hall–Kier alpha value is -0.630. The molecule has 1 fully saturated rings. The predicted molar refractivity (Wildman–Crippen MR) is 97.6 cm³/mol. The van der Waals surface area contributed by atoms with Crippen LogP contribution in [0.2, 0.25) is 0 Å². The summed E-state index contributed by atoms with van der Waals surface area (Å²) < 4.78 is 23.2. The number of benzene rings is 1. The van der Waals surface area contributed by atoms with Crippen molar-refractivity contribution in [2.75, 3.05) is 18.6 Å². The first-order chi connectivity index (χ1) is 10.2. The topological polar surface area (TPSA) is 89.3 Å². The lowest BCUT2D eigenvalue weighted by molar-refractivity contribution is -0.122. The van der Waals surface area contributed by atoms with Crippen LogP contribution in [0.25, 0.3) is 0 Å². The van der Waals surface area contributed by atoms with Gasteiger partial charge in [0.05, 0.1) is 11.8 Å². The predicted octanol–water partition coefficient (Wildman–Crippen LogP) is 1.78. The molecule has 1 unspecified atom stereocenters. The van der Waals surface area contributed by atoms with Crippen molar-refractivity contribution in [3.05, 3.63) is 34.3 Å². The molecule has 0 aromatic heterocycles. The van der Waals surface area contributed by atoms with Crippen LogP contribution in [0.15, 0.2) is 28.7 Å². The maximum Gasteiger partial charge on any atom is 0.236 e. The van der Waals surface area contributed by atoms with Crippen molar-refractivity contribution in [2.45, 2.75) is 30.7 Å². The first-order valence-corrected chi connectivity index (χ1v) is 10.0. The van der Waals surface area contributed by atoms with Crippen LogP contribution in [-0.4, -0.2) is 38.9 Å². The van der Waals surface area contributed by atoms with Gasteiger partial charge in [0.15, 0.2) is 0 Å². The minimum atomic E-state index is -3.10. The summed E-state index contributed by atoms with van der Waals surface area (Å²) in [7, 11) is -3.10. The molecular formula is C15H22BrClN2O3S. The summed E-state index contributed by atoms with van der Waals surface area (Å²) in [6.07, 6.45) is 3.35. The summed E-state index contributed by atoms with van der Waals surface area (Å²) in [5.41, 5.74) is 6.95.